The maximum atomic E-state index is 13.0. The lowest BCUT2D eigenvalue weighted by Gasteiger charge is -2.32. The van der Waals surface area contributed by atoms with E-state index in [-0.39, 0.29) is 5.91 Å². The van der Waals surface area contributed by atoms with E-state index in [4.69, 9.17) is 0 Å². The number of imidazole rings is 1. The van der Waals surface area contributed by atoms with Crippen LogP contribution in [-0.2, 0) is 0 Å². The Morgan fingerprint density at radius 3 is 2.72 bits per heavy atom. The average Bonchev–Trinajstić information content (AvgIpc) is 3.40. The van der Waals surface area contributed by atoms with E-state index in [1.807, 2.05) is 52.2 Å². The van der Waals surface area contributed by atoms with Crippen LogP contribution in [0.5, 0.6) is 0 Å². The fourth-order valence-corrected chi connectivity index (χ4v) is 3.68. The zero-order valence-corrected chi connectivity index (χ0v) is 16.1. The molecule has 29 heavy (non-hydrogen) atoms. The number of carbonyl (C=O) groups excluding carboxylic acids is 1. The summed E-state index contributed by atoms with van der Waals surface area (Å²) in [5.41, 5.74) is 3.15. The molecule has 4 heterocycles. The zero-order chi connectivity index (χ0) is 19.8. The third kappa shape index (κ3) is 3.17. The first-order valence-electron chi connectivity index (χ1n) is 9.61. The molecule has 3 aromatic heterocycles. The van der Waals surface area contributed by atoms with Crippen molar-refractivity contribution in [2.24, 2.45) is 0 Å². The van der Waals surface area contributed by atoms with E-state index in [1.54, 1.807) is 23.1 Å². The summed E-state index contributed by atoms with van der Waals surface area (Å²) in [6.07, 6.45) is 9.00. The van der Waals surface area contributed by atoms with Gasteiger partial charge in [-0.15, -0.1) is 0 Å². The Balaban J connectivity index is 1.50. The van der Waals surface area contributed by atoms with Gasteiger partial charge in [0.15, 0.2) is 5.65 Å². The fourth-order valence-electron chi connectivity index (χ4n) is 3.68. The number of benzene rings is 1. The quantitative estimate of drug-likeness (QED) is 0.538. The number of carbonyl (C=O) groups is 1. The standard InChI is InChI=1S/C21H21N7O/c1-25-10-12-26(13-11-25)21(29)16-4-2-5-17(14-16)27-9-7-23-19(27)18-15-24-28-8-3-6-22-20(18)28/h2-9,14-15H,10-13H2,1H3. The Morgan fingerprint density at radius 1 is 1.00 bits per heavy atom. The van der Waals surface area contributed by atoms with Gasteiger partial charge in [-0.3, -0.25) is 9.36 Å². The molecule has 1 saturated heterocycles. The molecule has 0 radical (unpaired) electrons. The van der Waals surface area contributed by atoms with Crippen LogP contribution in [0.25, 0.3) is 22.7 Å². The molecule has 0 atom stereocenters. The molecule has 1 amide bonds. The van der Waals surface area contributed by atoms with Crippen molar-refractivity contribution in [3.05, 3.63) is 66.9 Å². The van der Waals surface area contributed by atoms with Crippen LogP contribution in [0.1, 0.15) is 10.4 Å². The molecule has 4 aromatic rings. The second-order valence-corrected chi connectivity index (χ2v) is 7.21. The van der Waals surface area contributed by atoms with Crippen LogP contribution in [0.4, 0.5) is 0 Å². The van der Waals surface area contributed by atoms with Crippen LogP contribution >= 0.6 is 0 Å². The molecule has 0 N–H and O–H groups in total. The smallest absolute Gasteiger partial charge is 0.254 e. The van der Waals surface area contributed by atoms with Gasteiger partial charge in [0.2, 0.25) is 0 Å². The lowest BCUT2D eigenvalue weighted by molar-refractivity contribution is 0.0664. The molecular formula is C21H21N7O. The predicted molar refractivity (Wildman–Crippen MR) is 109 cm³/mol. The first-order chi connectivity index (χ1) is 14.2. The van der Waals surface area contributed by atoms with Gasteiger partial charge in [0.1, 0.15) is 5.82 Å². The Bertz CT molecular complexity index is 1170. The molecule has 8 nitrogen and oxygen atoms in total. The molecule has 0 aliphatic carbocycles. The monoisotopic (exact) mass is 387 g/mol. The molecular weight excluding hydrogens is 366 g/mol. The molecule has 0 bridgehead atoms. The molecule has 8 heteroatoms. The van der Waals surface area contributed by atoms with E-state index in [0.717, 1.165) is 48.9 Å². The predicted octanol–water partition coefficient (Wildman–Crippen LogP) is 1.97. The summed E-state index contributed by atoms with van der Waals surface area (Å²) < 4.78 is 3.69. The van der Waals surface area contributed by atoms with Gasteiger partial charge >= 0.3 is 0 Å². The van der Waals surface area contributed by atoms with Gasteiger partial charge in [-0.1, -0.05) is 6.07 Å². The number of rotatable bonds is 3. The fraction of sp³-hybridized carbons (Fsp3) is 0.238. The highest BCUT2D eigenvalue weighted by atomic mass is 16.2. The largest absolute Gasteiger partial charge is 0.336 e. The van der Waals surface area contributed by atoms with E-state index < -0.39 is 0 Å². The number of piperazine rings is 1. The van der Waals surface area contributed by atoms with Crippen molar-refractivity contribution in [1.82, 2.24) is 33.9 Å². The van der Waals surface area contributed by atoms with Gasteiger partial charge in [0.25, 0.3) is 5.91 Å². The van der Waals surface area contributed by atoms with Crippen molar-refractivity contribution in [1.29, 1.82) is 0 Å². The molecule has 146 valence electrons. The second kappa shape index (κ2) is 7.14. The van der Waals surface area contributed by atoms with E-state index in [0.29, 0.717) is 5.56 Å². The third-order valence-corrected chi connectivity index (χ3v) is 5.32. The topological polar surface area (TPSA) is 71.6 Å². The van der Waals surface area contributed by atoms with E-state index >= 15 is 0 Å². The molecule has 1 aromatic carbocycles. The van der Waals surface area contributed by atoms with Crippen molar-refractivity contribution >= 4 is 11.6 Å². The second-order valence-electron chi connectivity index (χ2n) is 7.21. The zero-order valence-electron chi connectivity index (χ0n) is 16.1. The lowest BCUT2D eigenvalue weighted by atomic mass is 10.1. The Labute approximate surface area is 168 Å². The Morgan fingerprint density at radius 2 is 1.86 bits per heavy atom. The summed E-state index contributed by atoms with van der Waals surface area (Å²) in [5.74, 6) is 0.808. The lowest BCUT2D eigenvalue weighted by Crippen LogP contribution is -2.47. The number of likely N-dealkylation sites (N-methyl/N-ethyl adjacent to an activating group) is 1. The molecule has 5 rings (SSSR count). The van der Waals surface area contributed by atoms with Crippen molar-refractivity contribution in [3.63, 3.8) is 0 Å². The van der Waals surface area contributed by atoms with Gasteiger partial charge < -0.3 is 9.80 Å². The third-order valence-electron chi connectivity index (χ3n) is 5.32. The maximum Gasteiger partial charge on any atom is 0.254 e. The first kappa shape index (κ1) is 17.6. The van der Waals surface area contributed by atoms with Crippen LogP contribution in [0.2, 0.25) is 0 Å². The molecule has 1 aliphatic heterocycles. The molecule has 0 saturated carbocycles. The summed E-state index contributed by atoms with van der Waals surface area (Å²) >= 11 is 0. The number of hydrogen-bond donors (Lipinski definition) is 0. The van der Waals surface area contributed by atoms with Crippen molar-refractivity contribution in [3.8, 4) is 17.1 Å². The van der Waals surface area contributed by atoms with Gasteiger partial charge in [-0.2, -0.15) is 5.10 Å². The Hall–Kier alpha value is -3.52. The number of fused-ring (bicyclic) bond motifs is 1. The van der Waals surface area contributed by atoms with Gasteiger partial charge in [0.05, 0.1) is 11.8 Å². The minimum atomic E-state index is 0.0688. The summed E-state index contributed by atoms with van der Waals surface area (Å²) in [7, 11) is 2.08. The van der Waals surface area contributed by atoms with Crippen LogP contribution in [0, 0.1) is 0 Å². The van der Waals surface area contributed by atoms with Crippen molar-refractivity contribution < 1.29 is 4.79 Å². The summed E-state index contributed by atoms with van der Waals surface area (Å²) in [5, 5.41) is 4.36. The number of nitrogens with zero attached hydrogens (tertiary/aromatic N) is 7. The van der Waals surface area contributed by atoms with Crippen molar-refractivity contribution in [2.45, 2.75) is 0 Å². The summed E-state index contributed by atoms with van der Waals surface area (Å²) in [6, 6.07) is 9.52. The normalized spacial score (nSPS) is 15.1. The molecule has 0 spiro atoms. The Kier molecular flexibility index (Phi) is 4.33. The highest BCUT2D eigenvalue weighted by molar-refractivity contribution is 5.95. The van der Waals surface area contributed by atoms with E-state index in [1.165, 1.54) is 0 Å². The van der Waals surface area contributed by atoms with Crippen LogP contribution in [0.3, 0.4) is 0 Å². The minimum absolute atomic E-state index is 0.0688. The SMILES string of the molecule is CN1CCN(C(=O)c2cccc(-n3ccnc3-c3cnn4cccnc34)c2)CC1. The van der Waals surface area contributed by atoms with Gasteiger partial charge in [-0.25, -0.2) is 14.5 Å². The first-order valence-corrected chi connectivity index (χ1v) is 9.61. The average molecular weight is 387 g/mol. The van der Waals surface area contributed by atoms with E-state index in [9.17, 15) is 4.79 Å². The maximum absolute atomic E-state index is 13.0. The molecule has 0 unspecified atom stereocenters. The van der Waals surface area contributed by atoms with Crippen LogP contribution in [-0.4, -0.2) is 73.1 Å². The summed E-state index contributed by atoms with van der Waals surface area (Å²) in [6.45, 7) is 3.31. The number of aromatic nitrogens is 5. The van der Waals surface area contributed by atoms with Gasteiger partial charge in [-0.05, 0) is 31.3 Å². The number of amides is 1. The van der Waals surface area contributed by atoms with Gasteiger partial charge in [0, 0.05) is 62.2 Å². The molecule has 1 fully saturated rings. The molecule has 1 aliphatic rings. The number of hydrogen-bond acceptors (Lipinski definition) is 5. The van der Waals surface area contributed by atoms with Crippen molar-refractivity contribution in [2.75, 3.05) is 33.2 Å². The summed E-state index contributed by atoms with van der Waals surface area (Å²) in [4.78, 5) is 26.1. The van der Waals surface area contributed by atoms with Crippen LogP contribution in [0.15, 0.2) is 61.3 Å². The highest BCUT2D eigenvalue weighted by Gasteiger charge is 2.21. The highest BCUT2D eigenvalue weighted by Crippen LogP contribution is 2.25. The van der Waals surface area contributed by atoms with Crippen LogP contribution < -0.4 is 0 Å². The van der Waals surface area contributed by atoms with E-state index in [2.05, 4.69) is 27.0 Å². The minimum Gasteiger partial charge on any atom is -0.336 e.